The van der Waals surface area contributed by atoms with Crippen LogP contribution >= 0.6 is 15.9 Å². The normalized spacial score (nSPS) is 18.4. The number of hydrogen-bond donors (Lipinski definition) is 1. The second-order valence-electron chi connectivity index (χ2n) is 6.89. The standard InChI is InChI=1S/C23H18BrNO4/c24-17-8-11-21-20(13-17)23(28,14-18(26)9-10-19-7-4-12-29-19)22(27)25(21)15-16-5-2-1-3-6-16/h1-13,28H,14-15H2. The summed E-state index contributed by atoms with van der Waals surface area (Å²) in [4.78, 5) is 27.3. The minimum Gasteiger partial charge on any atom is -0.465 e. The molecule has 0 spiro atoms. The maximum Gasteiger partial charge on any atom is 0.264 e. The van der Waals surface area contributed by atoms with Gasteiger partial charge in [0.05, 0.1) is 24.9 Å². The Labute approximate surface area is 176 Å². The fourth-order valence-electron chi connectivity index (χ4n) is 3.49. The lowest BCUT2D eigenvalue weighted by Gasteiger charge is -2.22. The van der Waals surface area contributed by atoms with E-state index in [9.17, 15) is 14.7 Å². The van der Waals surface area contributed by atoms with Gasteiger partial charge in [0.15, 0.2) is 11.4 Å². The summed E-state index contributed by atoms with van der Waals surface area (Å²) in [6.45, 7) is 0.313. The monoisotopic (exact) mass is 451 g/mol. The molecule has 5 nitrogen and oxygen atoms in total. The average Bonchev–Trinajstić information content (AvgIpc) is 3.30. The third-order valence-electron chi connectivity index (χ3n) is 4.88. The molecule has 29 heavy (non-hydrogen) atoms. The first-order chi connectivity index (χ1) is 14.0. The number of aliphatic hydroxyl groups is 1. The van der Waals surface area contributed by atoms with E-state index in [0.717, 1.165) is 10.0 Å². The maximum absolute atomic E-state index is 13.2. The molecule has 0 fully saturated rings. The maximum atomic E-state index is 13.2. The van der Waals surface area contributed by atoms with Crippen LogP contribution in [0.1, 0.15) is 23.3 Å². The lowest BCUT2D eigenvalue weighted by Crippen LogP contribution is -2.41. The van der Waals surface area contributed by atoms with Gasteiger partial charge in [0, 0.05) is 10.0 Å². The zero-order chi connectivity index (χ0) is 20.4. The molecule has 0 aliphatic carbocycles. The van der Waals surface area contributed by atoms with E-state index >= 15 is 0 Å². The Bertz CT molecular complexity index is 1080. The average molecular weight is 452 g/mol. The zero-order valence-electron chi connectivity index (χ0n) is 15.4. The van der Waals surface area contributed by atoms with Gasteiger partial charge in [-0.15, -0.1) is 0 Å². The van der Waals surface area contributed by atoms with Crippen LogP contribution in [0.5, 0.6) is 0 Å². The second kappa shape index (κ2) is 7.81. The summed E-state index contributed by atoms with van der Waals surface area (Å²) < 4.78 is 5.90. The molecule has 1 atom stereocenters. The van der Waals surface area contributed by atoms with Crippen molar-refractivity contribution in [2.45, 2.75) is 18.6 Å². The van der Waals surface area contributed by atoms with E-state index < -0.39 is 11.5 Å². The summed E-state index contributed by atoms with van der Waals surface area (Å²) in [5, 5.41) is 11.3. The Balaban J connectivity index is 1.64. The molecular weight excluding hydrogens is 434 g/mol. The van der Waals surface area contributed by atoms with Crippen LogP contribution in [0.4, 0.5) is 5.69 Å². The number of anilines is 1. The van der Waals surface area contributed by atoms with Crippen molar-refractivity contribution in [3.05, 3.63) is 94.4 Å². The van der Waals surface area contributed by atoms with Crippen molar-refractivity contribution in [3.8, 4) is 0 Å². The number of allylic oxidation sites excluding steroid dienone is 1. The number of hydrogen-bond acceptors (Lipinski definition) is 4. The number of ketones is 1. The summed E-state index contributed by atoms with van der Waals surface area (Å²) in [6, 6.07) is 18.3. The molecule has 1 aliphatic rings. The van der Waals surface area contributed by atoms with Gasteiger partial charge in [-0.2, -0.15) is 0 Å². The number of halogens is 1. The van der Waals surface area contributed by atoms with Gasteiger partial charge in [-0.1, -0.05) is 46.3 Å². The third-order valence-corrected chi connectivity index (χ3v) is 5.38. The highest BCUT2D eigenvalue weighted by Crippen LogP contribution is 2.44. The third kappa shape index (κ3) is 3.81. The number of fused-ring (bicyclic) bond motifs is 1. The van der Waals surface area contributed by atoms with E-state index in [1.807, 2.05) is 36.4 Å². The van der Waals surface area contributed by atoms with Crippen molar-refractivity contribution in [1.29, 1.82) is 0 Å². The molecule has 1 unspecified atom stereocenters. The van der Waals surface area contributed by atoms with Crippen molar-refractivity contribution in [3.63, 3.8) is 0 Å². The molecule has 4 rings (SSSR count). The number of benzene rings is 2. The fraction of sp³-hybridized carbons (Fsp3) is 0.130. The lowest BCUT2D eigenvalue weighted by atomic mass is 9.90. The largest absolute Gasteiger partial charge is 0.465 e. The van der Waals surface area contributed by atoms with E-state index in [1.165, 1.54) is 23.3 Å². The van der Waals surface area contributed by atoms with Crippen molar-refractivity contribution < 1.29 is 19.1 Å². The molecule has 1 amide bonds. The van der Waals surface area contributed by atoms with E-state index in [-0.39, 0.29) is 12.2 Å². The van der Waals surface area contributed by atoms with Crippen LogP contribution in [-0.2, 0) is 21.7 Å². The summed E-state index contributed by atoms with van der Waals surface area (Å²) in [5.74, 6) is -0.351. The topological polar surface area (TPSA) is 70.7 Å². The Morgan fingerprint density at radius 1 is 1.14 bits per heavy atom. The number of nitrogens with zero attached hydrogens (tertiary/aromatic N) is 1. The fourth-order valence-corrected chi connectivity index (χ4v) is 3.85. The first-order valence-corrected chi connectivity index (χ1v) is 9.89. The first kappa shape index (κ1) is 19.4. The van der Waals surface area contributed by atoms with Crippen LogP contribution in [0.15, 0.2) is 81.9 Å². The van der Waals surface area contributed by atoms with Crippen LogP contribution < -0.4 is 4.90 Å². The van der Waals surface area contributed by atoms with Crippen LogP contribution in [-0.4, -0.2) is 16.8 Å². The molecule has 3 aromatic rings. The van der Waals surface area contributed by atoms with Crippen LogP contribution in [0.3, 0.4) is 0 Å². The lowest BCUT2D eigenvalue weighted by molar-refractivity contribution is -0.140. The molecule has 146 valence electrons. The number of rotatable bonds is 6. The van der Waals surface area contributed by atoms with Crippen LogP contribution in [0.2, 0.25) is 0 Å². The molecule has 1 aromatic heterocycles. The number of carbonyl (C=O) groups excluding carboxylic acids is 2. The van der Waals surface area contributed by atoms with Gasteiger partial charge in [-0.3, -0.25) is 9.59 Å². The molecule has 6 heteroatoms. The molecule has 2 heterocycles. The minimum atomic E-state index is -1.92. The Morgan fingerprint density at radius 2 is 1.93 bits per heavy atom. The molecule has 0 radical (unpaired) electrons. The Kier molecular flexibility index (Phi) is 5.22. The highest BCUT2D eigenvalue weighted by atomic mass is 79.9. The zero-order valence-corrected chi connectivity index (χ0v) is 17.0. The number of furan rings is 1. The van der Waals surface area contributed by atoms with E-state index in [2.05, 4.69) is 15.9 Å². The Morgan fingerprint density at radius 3 is 2.66 bits per heavy atom. The predicted molar refractivity (Wildman–Crippen MR) is 113 cm³/mol. The van der Waals surface area contributed by atoms with Gasteiger partial charge >= 0.3 is 0 Å². The highest BCUT2D eigenvalue weighted by Gasteiger charge is 2.50. The predicted octanol–water partition coefficient (Wildman–Crippen LogP) is 4.45. The van der Waals surface area contributed by atoms with Gasteiger partial charge in [0.25, 0.3) is 5.91 Å². The quantitative estimate of drug-likeness (QED) is 0.562. The minimum absolute atomic E-state index is 0.313. The molecule has 0 saturated heterocycles. The highest BCUT2D eigenvalue weighted by molar-refractivity contribution is 9.10. The van der Waals surface area contributed by atoms with Gasteiger partial charge in [-0.05, 0) is 48.0 Å². The van der Waals surface area contributed by atoms with Crippen LogP contribution in [0, 0.1) is 0 Å². The van der Waals surface area contributed by atoms with Gasteiger partial charge in [0.2, 0.25) is 0 Å². The van der Waals surface area contributed by atoms with Gasteiger partial charge in [0.1, 0.15) is 5.76 Å². The van der Waals surface area contributed by atoms with Crippen molar-refractivity contribution in [2.24, 2.45) is 0 Å². The summed E-state index contributed by atoms with van der Waals surface area (Å²) in [6.07, 6.45) is 4.00. The summed E-state index contributed by atoms with van der Waals surface area (Å²) >= 11 is 3.39. The van der Waals surface area contributed by atoms with Crippen LogP contribution in [0.25, 0.3) is 6.08 Å². The molecule has 1 N–H and O–H groups in total. The van der Waals surface area contributed by atoms with E-state index in [1.54, 1.807) is 24.3 Å². The second-order valence-corrected chi connectivity index (χ2v) is 7.81. The van der Waals surface area contributed by atoms with Crippen molar-refractivity contribution in [2.75, 3.05) is 4.90 Å². The SMILES string of the molecule is O=C(C=Cc1ccco1)CC1(O)C(=O)N(Cc2ccccc2)c2ccc(Br)cc21. The molecule has 0 bridgehead atoms. The molecule has 2 aromatic carbocycles. The van der Waals surface area contributed by atoms with E-state index in [0.29, 0.717) is 23.6 Å². The molecular formula is C23H18BrNO4. The van der Waals surface area contributed by atoms with Gasteiger partial charge < -0.3 is 14.4 Å². The van der Waals surface area contributed by atoms with Crippen molar-refractivity contribution in [1.82, 2.24) is 0 Å². The summed E-state index contributed by atoms with van der Waals surface area (Å²) in [5.41, 5.74) is 0.0429. The summed E-state index contributed by atoms with van der Waals surface area (Å²) in [7, 11) is 0. The molecule has 1 aliphatic heterocycles. The Hall–Kier alpha value is -2.96. The smallest absolute Gasteiger partial charge is 0.264 e. The van der Waals surface area contributed by atoms with Gasteiger partial charge in [-0.25, -0.2) is 0 Å². The number of carbonyl (C=O) groups is 2. The number of amides is 1. The van der Waals surface area contributed by atoms with Crippen molar-refractivity contribution >= 4 is 39.4 Å². The van der Waals surface area contributed by atoms with E-state index in [4.69, 9.17) is 4.42 Å². The first-order valence-electron chi connectivity index (χ1n) is 9.10. The molecule has 0 saturated carbocycles.